The van der Waals surface area contributed by atoms with Gasteiger partial charge in [-0.05, 0) is 36.6 Å². The molecule has 0 atom stereocenters. The summed E-state index contributed by atoms with van der Waals surface area (Å²) in [6.07, 6.45) is 0.851. The zero-order chi connectivity index (χ0) is 19.4. The summed E-state index contributed by atoms with van der Waals surface area (Å²) >= 11 is 0. The first-order valence-electron chi connectivity index (χ1n) is 8.95. The minimum atomic E-state index is -0.399. The van der Waals surface area contributed by atoms with Crippen molar-refractivity contribution in [3.05, 3.63) is 34.5 Å². The molecule has 146 valence electrons. The summed E-state index contributed by atoms with van der Waals surface area (Å²) in [4.78, 5) is 26.1. The molecule has 0 bridgehead atoms. The third-order valence-electron chi connectivity index (χ3n) is 4.76. The molecule has 1 aromatic rings. The number of benzene rings is 1. The van der Waals surface area contributed by atoms with E-state index in [0.29, 0.717) is 36.7 Å². The number of methoxy groups -OCH3 is 2. The SMILES string of the molecule is CCOC(=O)C1=C(CN2CCc3cc(OC)c(OC)cc3C2)NC(=O)NC1. The highest BCUT2D eigenvalue weighted by Crippen LogP contribution is 2.33. The zero-order valence-corrected chi connectivity index (χ0v) is 15.9. The van der Waals surface area contributed by atoms with Crippen LogP contribution in [0.25, 0.3) is 0 Å². The number of rotatable bonds is 6. The maximum atomic E-state index is 12.2. The molecule has 27 heavy (non-hydrogen) atoms. The lowest BCUT2D eigenvalue weighted by Crippen LogP contribution is -2.47. The lowest BCUT2D eigenvalue weighted by Gasteiger charge is -2.32. The van der Waals surface area contributed by atoms with Crippen LogP contribution in [0.4, 0.5) is 4.79 Å². The first-order chi connectivity index (χ1) is 13.0. The molecule has 0 unspecified atom stereocenters. The Kier molecular flexibility index (Phi) is 5.85. The summed E-state index contributed by atoms with van der Waals surface area (Å²) in [7, 11) is 3.24. The van der Waals surface area contributed by atoms with E-state index in [1.807, 2.05) is 12.1 Å². The van der Waals surface area contributed by atoms with Crippen molar-refractivity contribution in [3.63, 3.8) is 0 Å². The summed E-state index contributed by atoms with van der Waals surface area (Å²) in [5, 5.41) is 5.38. The molecule has 2 aliphatic heterocycles. The fraction of sp³-hybridized carbons (Fsp3) is 0.474. The Bertz CT molecular complexity index is 775. The third-order valence-corrected chi connectivity index (χ3v) is 4.76. The first-order valence-corrected chi connectivity index (χ1v) is 8.95. The molecule has 0 aromatic heterocycles. The number of hydrogen-bond acceptors (Lipinski definition) is 6. The van der Waals surface area contributed by atoms with E-state index < -0.39 is 5.97 Å². The lowest BCUT2D eigenvalue weighted by molar-refractivity contribution is -0.138. The zero-order valence-electron chi connectivity index (χ0n) is 15.9. The van der Waals surface area contributed by atoms with E-state index in [1.165, 1.54) is 5.56 Å². The molecule has 2 aliphatic rings. The second-order valence-electron chi connectivity index (χ2n) is 6.42. The first kappa shape index (κ1) is 19.0. The van der Waals surface area contributed by atoms with Crippen LogP contribution in [-0.2, 0) is 22.5 Å². The van der Waals surface area contributed by atoms with Gasteiger partial charge in [-0.3, -0.25) is 4.90 Å². The summed E-state index contributed by atoms with van der Waals surface area (Å²) in [6, 6.07) is 3.70. The Labute approximate surface area is 158 Å². The number of urea groups is 1. The number of carbonyl (C=O) groups excluding carboxylic acids is 2. The number of nitrogens with one attached hydrogen (secondary N) is 2. The number of fused-ring (bicyclic) bond motifs is 1. The van der Waals surface area contributed by atoms with Gasteiger partial charge in [0.1, 0.15) is 0 Å². The molecule has 2 heterocycles. The molecule has 0 spiro atoms. The van der Waals surface area contributed by atoms with Crippen LogP contribution in [0.15, 0.2) is 23.4 Å². The standard InChI is InChI=1S/C19H25N3O5/c1-4-27-18(23)14-9-20-19(24)21-15(14)11-22-6-5-12-7-16(25-2)17(26-3)8-13(12)10-22/h7-8H,4-6,9-11H2,1-3H3,(H2,20,21,24). The summed E-state index contributed by atoms with van der Waals surface area (Å²) in [5.74, 6) is 1.02. The maximum absolute atomic E-state index is 12.2. The highest BCUT2D eigenvalue weighted by molar-refractivity contribution is 5.93. The lowest BCUT2D eigenvalue weighted by atomic mass is 9.98. The van der Waals surface area contributed by atoms with Crippen molar-refractivity contribution in [2.24, 2.45) is 0 Å². The van der Waals surface area contributed by atoms with Crippen molar-refractivity contribution >= 4 is 12.0 Å². The third kappa shape index (κ3) is 4.16. The van der Waals surface area contributed by atoms with E-state index in [2.05, 4.69) is 15.5 Å². The van der Waals surface area contributed by atoms with Crippen molar-refractivity contribution in [2.45, 2.75) is 19.9 Å². The molecular formula is C19H25N3O5. The van der Waals surface area contributed by atoms with E-state index in [4.69, 9.17) is 14.2 Å². The highest BCUT2D eigenvalue weighted by Gasteiger charge is 2.27. The Morgan fingerprint density at radius 3 is 2.56 bits per heavy atom. The van der Waals surface area contributed by atoms with Crippen LogP contribution in [0.2, 0.25) is 0 Å². The van der Waals surface area contributed by atoms with Gasteiger partial charge in [0.15, 0.2) is 11.5 Å². The highest BCUT2D eigenvalue weighted by atomic mass is 16.5. The van der Waals surface area contributed by atoms with E-state index in [-0.39, 0.29) is 12.6 Å². The van der Waals surface area contributed by atoms with E-state index >= 15 is 0 Å². The normalized spacial score (nSPS) is 16.9. The van der Waals surface area contributed by atoms with Crippen molar-refractivity contribution in [1.29, 1.82) is 0 Å². The molecule has 1 aromatic carbocycles. The molecule has 2 amide bonds. The molecule has 8 nitrogen and oxygen atoms in total. The van der Waals surface area contributed by atoms with Crippen LogP contribution >= 0.6 is 0 Å². The minimum absolute atomic E-state index is 0.176. The summed E-state index contributed by atoms with van der Waals surface area (Å²) in [6.45, 7) is 4.20. The van der Waals surface area contributed by atoms with E-state index in [9.17, 15) is 9.59 Å². The number of esters is 1. The fourth-order valence-corrected chi connectivity index (χ4v) is 3.38. The molecule has 0 saturated carbocycles. The van der Waals surface area contributed by atoms with Crippen molar-refractivity contribution in [1.82, 2.24) is 15.5 Å². The van der Waals surface area contributed by atoms with Gasteiger partial charge in [0, 0.05) is 25.3 Å². The maximum Gasteiger partial charge on any atom is 0.337 e. The second-order valence-corrected chi connectivity index (χ2v) is 6.42. The summed E-state index contributed by atoms with van der Waals surface area (Å²) in [5.41, 5.74) is 3.44. The molecule has 0 fully saturated rings. The van der Waals surface area contributed by atoms with Crippen molar-refractivity contribution < 1.29 is 23.8 Å². The van der Waals surface area contributed by atoms with Crippen LogP contribution in [0.1, 0.15) is 18.1 Å². The molecule has 2 N–H and O–H groups in total. The van der Waals surface area contributed by atoms with Crippen LogP contribution < -0.4 is 20.1 Å². The smallest absolute Gasteiger partial charge is 0.337 e. The van der Waals surface area contributed by atoms with Gasteiger partial charge in [-0.1, -0.05) is 0 Å². The minimum Gasteiger partial charge on any atom is -0.493 e. The number of hydrogen-bond donors (Lipinski definition) is 2. The van der Waals surface area contributed by atoms with Gasteiger partial charge in [-0.25, -0.2) is 9.59 Å². The predicted molar refractivity (Wildman–Crippen MR) is 98.7 cm³/mol. The molecule has 0 aliphatic carbocycles. The van der Waals surface area contributed by atoms with Gasteiger partial charge >= 0.3 is 12.0 Å². The Hall–Kier alpha value is -2.74. The Morgan fingerprint density at radius 1 is 1.19 bits per heavy atom. The largest absolute Gasteiger partial charge is 0.493 e. The van der Waals surface area contributed by atoms with Gasteiger partial charge in [0.25, 0.3) is 0 Å². The number of ether oxygens (including phenoxy) is 3. The average molecular weight is 375 g/mol. The van der Waals surface area contributed by atoms with Gasteiger partial charge in [-0.2, -0.15) is 0 Å². The van der Waals surface area contributed by atoms with Gasteiger partial charge in [-0.15, -0.1) is 0 Å². The molecule has 8 heteroatoms. The second kappa shape index (κ2) is 8.30. The quantitative estimate of drug-likeness (QED) is 0.726. The van der Waals surface area contributed by atoms with Crippen molar-refractivity contribution in [2.75, 3.05) is 40.5 Å². The van der Waals surface area contributed by atoms with Gasteiger partial charge in [0.05, 0.1) is 32.9 Å². The Balaban J connectivity index is 1.80. The van der Waals surface area contributed by atoms with Gasteiger partial charge < -0.3 is 24.8 Å². The van der Waals surface area contributed by atoms with Crippen molar-refractivity contribution in [3.8, 4) is 11.5 Å². The molecule has 0 saturated heterocycles. The molecular weight excluding hydrogens is 350 g/mol. The van der Waals surface area contributed by atoms with Crippen LogP contribution in [0, 0.1) is 0 Å². The van der Waals surface area contributed by atoms with E-state index in [0.717, 1.165) is 24.3 Å². The average Bonchev–Trinajstić information content (AvgIpc) is 2.67. The monoisotopic (exact) mass is 375 g/mol. The van der Waals surface area contributed by atoms with E-state index in [1.54, 1.807) is 21.1 Å². The summed E-state index contributed by atoms with van der Waals surface area (Å²) < 4.78 is 15.9. The topological polar surface area (TPSA) is 89.1 Å². The number of carbonyl (C=O) groups is 2. The Morgan fingerprint density at radius 2 is 1.89 bits per heavy atom. The molecule has 0 radical (unpaired) electrons. The van der Waals surface area contributed by atoms with Gasteiger partial charge in [0.2, 0.25) is 0 Å². The van der Waals surface area contributed by atoms with Crippen LogP contribution in [0.5, 0.6) is 11.5 Å². The van der Waals surface area contributed by atoms with Crippen LogP contribution in [0.3, 0.4) is 0 Å². The number of nitrogens with zero attached hydrogens (tertiary/aromatic N) is 1. The van der Waals surface area contributed by atoms with Crippen LogP contribution in [-0.4, -0.2) is 57.4 Å². The number of amides is 2. The fourth-order valence-electron chi connectivity index (χ4n) is 3.38. The molecule has 3 rings (SSSR count). The predicted octanol–water partition coefficient (Wildman–Crippen LogP) is 1.19.